The number of halogens is 2. The van der Waals surface area contributed by atoms with Gasteiger partial charge in [0.05, 0.1) is 11.6 Å². The van der Waals surface area contributed by atoms with Gasteiger partial charge in [-0.15, -0.1) is 0 Å². The quantitative estimate of drug-likeness (QED) is 0.530. The Morgan fingerprint density at radius 2 is 1.80 bits per heavy atom. The van der Waals surface area contributed by atoms with Crippen LogP contribution in [0.4, 0.5) is 0 Å². The topological polar surface area (TPSA) is 26.3 Å². The lowest BCUT2D eigenvalue weighted by atomic mass is 10.1. The maximum Gasteiger partial charge on any atom is 0.163 e. The molecule has 2 aromatic rings. The van der Waals surface area contributed by atoms with Crippen molar-refractivity contribution in [2.75, 3.05) is 6.61 Å². The summed E-state index contributed by atoms with van der Waals surface area (Å²) in [6, 6.07) is 14.7. The normalized spacial score (nSPS) is 10.3. The molecule has 0 N–H and O–H groups in total. The highest BCUT2D eigenvalue weighted by Gasteiger charge is 2.06. The second-order valence-corrected chi connectivity index (χ2v) is 5.64. The van der Waals surface area contributed by atoms with Gasteiger partial charge in [-0.05, 0) is 30.7 Å². The first-order chi connectivity index (χ1) is 9.66. The van der Waals surface area contributed by atoms with Crippen molar-refractivity contribution in [3.05, 3.63) is 63.6 Å². The summed E-state index contributed by atoms with van der Waals surface area (Å²) in [6.45, 7) is 0.478. The van der Waals surface area contributed by atoms with E-state index in [2.05, 4.69) is 15.9 Å². The number of carbonyl (C=O) groups is 1. The third-order valence-corrected chi connectivity index (χ3v) is 3.65. The lowest BCUT2D eigenvalue weighted by molar-refractivity contribution is 0.0973. The van der Waals surface area contributed by atoms with Gasteiger partial charge in [-0.25, -0.2) is 0 Å². The van der Waals surface area contributed by atoms with Gasteiger partial charge < -0.3 is 4.74 Å². The Balaban J connectivity index is 1.77. The first kappa shape index (κ1) is 15.1. The summed E-state index contributed by atoms with van der Waals surface area (Å²) in [5, 5.41) is 0.590. The number of rotatable bonds is 6. The molecule has 0 heterocycles. The second kappa shape index (κ2) is 7.46. The number of Topliss-reactive ketones (excluding diaryl/α,β-unsaturated/α-hetero) is 1. The van der Waals surface area contributed by atoms with Crippen LogP contribution in [-0.2, 0) is 0 Å². The predicted molar refractivity (Wildman–Crippen MR) is 84.7 cm³/mol. The van der Waals surface area contributed by atoms with Crippen molar-refractivity contribution in [2.24, 2.45) is 0 Å². The van der Waals surface area contributed by atoms with E-state index >= 15 is 0 Å². The maximum atomic E-state index is 11.9. The van der Waals surface area contributed by atoms with E-state index in [4.69, 9.17) is 16.3 Å². The van der Waals surface area contributed by atoms with Crippen LogP contribution in [-0.4, -0.2) is 12.4 Å². The van der Waals surface area contributed by atoms with E-state index in [1.807, 2.05) is 42.5 Å². The van der Waals surface area contributed by atoms with Gasteiger partial charge in [0.25, 0.3) is 0 Å². The fourth-order valence-corrected chi connectivity index (χ4v) is 2.21. The van der Waals surface area contributed by atoms with E-state index in [1.165, 1.54) is 0 Å². The number of ketones is 1. The van der Waals surface area contributed by atoms with Crippen molar-refractivity contribution in [1.29, 1.82) is 0 Å². The molecule has 0 amide bonds. The molecule has 0 saturated carbocycles. The summed E-state index contributed by atoms with van der Waals surface area (Å²) in [5.74, 6) is 0.783. The summed E-state index contributed by atoms with van der Waals surface area (Å²) in [4.78, 5) is 11.9. The second-order valence-electron chi connectivity index (χ2n) is 4.31. The van der Waals surface area contributed by atoms with Crippen LogP contribution in [0.1, 0.15) is 23.2 Å². The molecule has 0 aliphatic rings. The lowest BCUT2D eigenvalue weighted by Crippen LogP contribution is -2.04. The molecule has 2 rings (SSSR count). The van der Waals surface area contributed by atoms with E-state index < -0.39 is 0 Å². The Bertz CT molecular complexity index is 581. The van der Waals surface area contributed by atoms with Gasteiger partial charge in [0.1, 0.15) is 5.75 Å². The van der Waals surface area contributed by atoms with Gasteiger partial charge in [0.2, 0.25) is 0 Å². The van der Waals surface area contributed by atoms with Crippen LogP contribution in [0.15, 0.2) is 53.0 Å². The minimum atomic E-state index is 0.125. The number of para-hydroxylation sites is 1. The SMILES string of the molecule is O=C(CCCOc1ccccc1Cl)c1ccc(Br)cc1. The Labute approximate surface area is 131 Å². The first-order valence-electron chi connectivity index (χ1n) is 6.33. The highest BCUT2D eigenvalue weighted by Crippen LogP contribution is 2.23. The molecule has 0 unspecified atom stereocenters. The van der Waals surface area contributed by atoms with Crippen molar-refractivity contribution in [2.45, 2.75) is 12.8 Å². The fourth-order valence-electron chi connectivity index (χ4n) is 1.76. The highest BCUT2D eigenvalue weighted by atomic mass is 79.9. The minimum absolute atomic E-state index is 0.125. The monoisotopic (exact) mass is 352 g/mol. The number of hydrogen-bond acceptors (Lipinski definition) is 2. The molecule has 0 aromatic heterocycles. The average molecular weight is 354 g/mol. The van der Waals surface area contributed by atoms with Crippen LogP contribution >= 0.6 is 27.5 Å². The van der Waals surface area contributed by atoms with Crippen LogP contribution < -0.4 is 4.74 Å². The summed E-state index contributed by atoms with van der Waals surface area (Å²) >= 11 is 9.33. The molecule has 0 aliphatic heterocycles. The van der Waals surface area contributed by atoms with Gasteiger partial charge in [0.15, 0.2) is 5.78 Å². The molecule has 0 atom stereocenters. The molecule has 2 aromatic carbocycles. The van der Waals surface area contributed by atoms with E-state index in [1.54, 1.807) is 6.07 Å². The Morgan fingerprint density at radius 1 is 1.10 bits per heavy atom. The molecule has 2 nitrogen and oxygen atoms in total. The van der Waals surface area contributed by atoms with Crippen LogP contribution in [0.25, 0.3) is 0 Å². The molecule has 0 fully saturated rings. The van der Waals surface area contributed by atoms with Gasteiger partial charge >= 0.3 is 0 Å². The van der Waals surface area contributed by atoms with Gasteiger partial charge in [0, 0.05) is 16.5 Å². The highest BCUT2D eigenvalue weighted by molar-refractivity contribution is 9.10. The number of carbonyl (C=O) groups excluding carboxylic acids is 1. The van der Waals surface area contributed by atoms with Gasteiger partial charge in [-0.2, -0.15) is 0 Å². The molecule has 20 heavy (non-hydrogen) atoms. The molecule has 0 radical (unpaired) electrons. The molecular weight excluding hydrogens is 340 g/mol. The van der Waals surface area contributed by atoms with Crippen molar-refractivity contribution in [3.8, 4) is 5.75 Å². The van der Waals surface area contributed by atoms with E-state index in [-0.39, 0.29) is 5.78 Å². The number of hydrogen-bond donors (Lipinski definition) is 0. The zero-order valence-corrected chi connectivity index (χ0v) is 13.2. The molecule has 104 valence electrons. The predicted octanol–water partition coefficient (Wildman–Crippen LogP) is 5.14. The van der Waals surface area contributed by atoms with E-state index in [0.29, 0.717) is 30.2 Å². The largest absolute Gasteiger partial charge is 0.492 e. The number of ether oxygens (including phenoxy) is 1. The van der Waals surface area contributed by atoms with Crippen molar-refractivity contribution in [1.82, 2.24) is 0 Å². The van der Waals surface area contributed by atoms with Crippen molar-refractivity contribution in [3.63, 3.8) is 0 Å². The van der Waals surface area contributed by atoms with Crippen molar-refractivity contribution >= 4 is 33.3 Å². The third-order valence-electron chi connectivity index (χ3n) is 2.81. The zero-order chi connectivity index (χ0) is 14.4. The smallest absolute Gasteiger partial charge is 0.163 e. The first-order valence-corrected chi connectivity index (χ1v) is 7.50. The maximum absolute atomic E-state index is 11.9. The van der Waals surface area contributed by atoms with Crippen LogP contribution in [0.3, 0.4) is 0 Å². The summed E-state index contributed by atoms with van der Waals surface area (Å²) in [5.41, 5.74) is 0.728. The Hall–Kier alpha value is -1.32. The fraction of sp³-hybridized carbons (Fsp3) is 0.188. The Kier molecular flexibility index (Phi) is 5.62. The van der Waals surface area contributed by atoms with Gasteiger partial charge in [-0.1, -0.05) is 51.8 Å². The van der Waals surface area contributed by atoms with Gasteiger partial charge in [-0.3, -0.25) is 4.79 Å². The molecule has 0 spiro atoms. The lowest BCUT2D eigenvalue weighted by Gasteiger charge is -2.07. The van der Waals surface area contributed by atoms with Crippen molar-refractivity contribution < 1.29 is 9.53 Å². The number of benzene rings is 2. The molecule has 4 heteroatoms. The Morgan fingerprint density at radius 3 is 2.50 bits per heavy atom. The van der Waals surface area contributed by atoms with Crippen LogP contribution in [0, 0.1) is 0 Å². The molecule has 0 bridgehead atoms. The summed E-state index contributed by atoms with van der Waals surface area (Å²) in [6.07, 6.45) is 1.13. The molecule has 0 saturated heterocycles. The molecular formula is C16H14BrClO2. The summed E-state index contributed by atoms with van der Waals surface area (Å²) in [7, 11) is 0. The summed E-state index contributed by atoms with van der Waals surface area (Å²) < 4.78 is 6.52. The average Bonchev–Trinajstić information content (AvgIpc) is 2.46. The van der Waals surface area contributed by atoms with Crippen LogP contribution in [0.5, 0.6) is 5.75 Å². The third kappa shape index (κ3) is 4.36. The van der Waals surface area contributed by atoms with E-state index in [0.717, 1.165) is 10.0 Å². The van der Waals surface area contributed by atoms with Crippen LogP contribution in [0.2, 0.25) is 5.02 Å². The zero-order valence-electron chi connectivity index (χ0n) is 10.8. The molecule has 0 aliphatic carbocycles. The standard InChI is InChI=1S/C16H14BrClO2/c17-13-9-7-12(8-10-13)15(19)5-3-11-20-16-6-2-1-4-14(16)18/h1-2,4,6-10H,3,5,11H2. The van der Waals surface area contributed by atoms with E-state index in [9.17, 15) is 4.79 Å². The minimum Gasteiger partial charge on any atom is -0.492 e.